The number of hydrogen-bond acceptors (Lipinski definition) is 2. The van der Waals surface area contributed by atoms with Gasteiger partial charge in [0.1, 0.15) is 0 Å². The minimum atomic E-state index is 0.631. The van der Waals surface area contributed by atoms with Crippen molar-refractivity contribution in [2.75, 3.05) is 13.6 Å². The Morgan fingerprint density at radius 3 is 2.29 bits per heavy atom. The summed E-state index contributed by atoms with van der Waals surface area (Å²) in [6.07, 6.45) is 3.78. The van der Waals surface area contributed by atoms with Crippen LogP contribution < -0.4 is 5.32 Å². The third-order valence-electron chi connectivity index (χ3n) is 3.16. The Hall–Kier alpha value is 0.230. The van der Waals surface area contributed by atoms with E-state index in [9.17, 15) is 0 Å². The zero-order valence-electron chi connectivity index (χ0n) is 12.1. The van der Waals surface area contributed by atoms with Crippen molar-refractivity contribution in [2.24, 2.45) is 5.92 Å². The van der Waals surface area contributed by atoms with E-state index in [1.807, 2.05) is 0 Å². The van der Waals surface area contributed by atoms with Gasteiger partial charge in [-0.15, -0.1) is 0 Å². The Balaban J connectivity index is 4.06. The van der Waals surface area contributed by atoms with Gasteiger partial charge in [0.2, 0.25) is 0 Å². The van der Waals surface area contributed by atoms with Gasteiger partial charge in [0.15, 0.2) is 0 Å². The van der Waals surface area contributed by atoms with E-state index < -0.39 is 0 Å². The van der Waals surface area contributed by atoms with E-state index in [1.54, 1.807) is 0 Å². The van der Waals surface area contributed by atoms with Gasteiger partial charge in [0, 0.05) is 18.6 Å². The molecule has 0 rings (SSSR count). The molecule has 1 N–H and O–H groups in total. The lowest BCUT2D eigenvalue weighted by atomic mass is 9.97. The molecule has 0 radical (unpaired) electrons. The van der Waals surface area contributed by atoms with Crippen molar-refractivity contribution in [3.63, 3.8) is 0 Å². The first-order valence-electron chi connectivity index (χ1n) is 6.64. The summed E-state index contributed by atoms with van der Waals surface area (Å²) in [5, 5.41) is 3.30. The Morgan fingerprint density at radius 1 is 1.29 bits per heavy atom. The summed E-state index contributed by atoms with van der Waals surface area (Å²) in [6, 6.07) is 1.34. The summed E-state index contributed by atoms with van der Waals surface area (Å²) in [5.41, 5.74) is 0. The normalized spacial score (nSPS) is 13.5. The minimum Gasteiger partial charge on any atom is -0.381 e. The second kappa shape index (κ2) is 9.20. The summed E-state index contributed by atoms with van der Waals surface area (Å²) in [6.45, 7) is 14.1. The summed E-state index contributed by atoms with van der Waals surface area (Å²) < 4.78 is 1.04. The first kappa shape index (κ1) is 17.2. The van der Waals surface area contributed by atoms with Gasteiger partial charge >= 0.3 is 0 Å². The van der Waals surface area contributed by atoms with Crippen molar-refractivity contribution in [3.05, 3.63) is 10.3 Å². The van der Waals surface area contributed by atoms with Gasteiger partial charge in [0.05, 0.1) is 3.70 Å². The molecular formula is C14H29IN2. The van der Waals surface area contributed by atoms with Gasteiger partial charge in [0.25, 0.3) is 0 Å². The quantitative estimate of drug-likeness (QED) is 0.383. The second-order valence-electron chi connectivity index (χ2n) is 5.52. The lowest BCUT2D eigenvalue weighted by Gasteiger charge is -2.32. The molecule has 0 unspecified atom stereocenters. The number of halogens is 1. The Labute approximate surface area is 121 Å². The zero-order valence-corrected chi connectivity index (χ0v) is 14.3. The Kier molecular flexibility index (Phi) is 9.32. The molecule has 0 aliphatic rings. The van der Waals surface area contributed by atoms with E-state index >= 15 is 0 Å². The first-order valence-corrected chi connectivity index (χ1v) is 7.72. The highest BCUT2D eigenvalue weighted by atomic mass is 127. The summed E-state index contributed by atoms with van der Waals surface area (Å²) >= 11 is 2.23. The first-order chi connectivity index (χ1) is 7.84. The van der Waals surface area contributed by atoms with Crippen LogP contribution in [0.4, 0.5) is 0 Å². The SMILES string of the molecule is C=C(I)NCCC[C@@H](CC(C)C)N(C)C(C)C. The average Bonchev–Trinajstić information content (AvgIpc) is 2.20. The Morgan fingerprint density at radius 2 is 1.88 bits per heavy atom. The second-order valence-corrected chi connectivity index (χ2v) is 6.82. The maximum atomic E-state index is 3.85. The molecule has 1 atom stereocenters. The van der Waals surface area contributed by atoms with E-state index in [4.69, 9.17) is 0 Å². The molecule has 0 bridgehead atoms. The molecule has 0 aliphatic heterocycles. The van der Waals surface area contributed by atoms with Crippen LogP contribution in [0, 0.1) is 5.92 Å². The van der Waals surface area contributed by atoms with Gasteiger partial charge in [-0.05, 0) is 68.7 Å². The molecule has 0 saturated heterocycles. The molecule has 0 amide bonds. The maximum absolute atomic E-state index is 3.85. The highest BCUT2D eigenvalue weighted by molar-refractivity contribution is 14.1. The van der Waals surface area contributed by atoms with Crippen molar-refractivity contribution >= 4 is 22.6 Å². The predicted molar refractivity (Wildman–Crippen MR) is 86.5 cm³/mol. The topological polar surface area (TPSA) is 15.3 Å². The smallest absolute Gasteiger partial charge is 0.0658 e. The van der Waals surface area contributed by atoms with Gasteiger partial charge in [-0.3, -0.25) is 0 Å². The largest absolute Gasteiger partial charge is 0.381 e. The van der Waals surface area contributed by atoms with Gasteiger partial charge < -0.3 is 10.2 Å². The third kappa shape index (κ3) is 8.89. The molecule has 0 aromatic rings. The summed E-state index contributed by atoms with van der Waals surface area (Å²) in [7, 11) is 2.25. The number of rotatable bonds is 9. The molecule has 17 heavy (non-hydrogen) atoms. The van der Waals surface area contributed by atoms with Gasteiger partial charge in [-0.2, -0.15) is 0 Å². The average molecular weight is 352 g/mol. The van der Waals surface area contributed by atoms with Gasteiger partial charge in [-0.25, -0.2) is 0 Å². The molecule has 0 saturated carbocycles. The van der Waals surface area contributed by atoms with Gasteiger partial charge in [-0.1, -0.05) is 20.4 Å². The molecule has 0 aromatic heterocycles. The molecule has 0 spiro atoms. The van der Waals surface area contributed by atoms with E-state index in [0.717, 1.165) is 16.2 Å². The van der Waals surface area contributed by atoms with E-state index in [-0.39, 0.29) is 0 Å². The molecule has 3 heteroatoms. The molecular weight excluding hydrogens is 323 g/mol. The summed E-state index contributed by atoms with van der Waals surface area (Å²) in [4.78, 5) is 2.51. The highest BCUT2D eigenvalue weighted by Crippen LogP contribution is 2.17. The van der Waals surface area contributed by atoms with Crippen molar-refractivity contribution in [1.82, 2.24) is 10.2 Å². The van der Waals surface area contributed by atoms with Crippen LogP contribution in [-0.4, -0.2) is 30.6 Å². The maximum Gasteiger partial charge on any atom is 0.0658 e. The molecule has 102 valence electrons. The predicted octanol–water partition coefficient (Wildman–Crippen LogP) is 4.02. The fourth-order valence-electron chi connectivity index (χ4n) is 2.02. The number of nitrogens with one attached hydrogen (secondary N) is 1. The number of hydrogen-bond donors (Lipinski definition) is 1. The molecule has 0 fully saturated rings. The molecule has 0 aliphatic carbocycles. The third-order valence-corrected chi connectivity index (χ3v) is 3.55. The Bertz CT molecular complexity index is 214. The van der Waals surface area contributed by atoms with Crippen LogP contribution in [0.3, 0.4) is 0 Å². The minimum absolute atomic E-state index is 0.631. The van der Waals surface area contributed by atoms with Crippen LogP contribution in [0.25, 0.3) is 0 Å². The molecule has 0 aromatic carbocycles. The fraction of sp³-hybridized carbons (Fsp3) is 0.857. The van der Waals surface area contributed by atoms with Crippen LogP contribution in [-0.2, 0) is 0 Å². The molecule has 0 heterocycles. The van der Waals surface area contributed by atoms with Crippen LogP contribution in [0.15, 0.2) is 10.3 Å². The van der Waals surface area contributed by atoms with Crippen LogP contribution in [0.1, 0.15) is 47.0 Å². The van der Waals surface area contributed by atoms with E-state index in [1.165, 1.54) is 19.3 Å². The monoisotopic (exact) mass is 352 g/mol. The summed E-state index contributed by atoms with van der Waals surface area (Å²) in [5.74, 6) is 0.772. The number of nitrogens with zero attached hydrogens (tertiary/aromatic N) is 1. The van der Waals surface area contributed by atoms with E-state index in [0.29, 0.717) is 12.1 Å². The van der Waals surface area contributed by atoms with Crippen molar-refractivity contribution in [2.45, 2.75) is 59.0 Å². The lowest BCUT2D eigenvalue weighted by molar-refractivity contribution is 0.161. The zero-order chi connectivity index (χ0) is 13.4. The fourth-order valence-corrected chi connectivity index (χ4v) is 2.28. The van der Waals surface area contributed by atoms with E-state index in [2.05, 4.69) is 74.1 Å². The van der Waals surface area contributed by atoms with Crippen molar-refractivity contribution in [1.29, 1.82) is 0 Å². The van der Waals surface area contributed by atoms with Crippen molar-refractivity contribution < 1.29 is 0 Å². The van der Waals surface area contributed by atoms with Crippen LogP contribution in [0.5, 0.6) is 0 Å². The molecule has 2 nitrogen and oxygen atoms in total. The van der Waals surface area contributed by atoms with Crippen LogP contribution in [0.2, 0.25) is 0 Å². The lowest BCUT2D eigenvalue weighted by Crippen LogP contribution is -2.38. The van der Waals surface area contributed by atoms with Crippen molar-refractivity contribution in [3.8, 4) is 0 Å². The van der Waals surface area contributed by atoms with Crippen LogP contribution >= 0.6 is 22.6 Å². The standard InChI is InChI=1S/C14H29IN2/c1-11(2)10-14(17(6)12(3)4)8-7-9-16-13(5)15/h11-12,14,16H,5,7-10H2,1-4,6H3/t14-/m0/s1. The highest BCUT2D eigenvalue weighted by Gasteiger charge is 2.17.